The maximum Gasteiger partial charge on any atom is 0.284 e. The summed E-state index contributed by atoms with van der Waals surface area (Å²) in [5.41, 5.74) is 5.54. The van der Waals surface area contributed by atoms with Gasteiger partial charge in [-0.15, -0.1) is 0 Å². The SMILES string of the molecule is Nc1cccc([N+](=O)[O-])c1C(=O)N[C@H]1CCCSC1. The Bertz CT molecular complexity index is 501. The Balaban J connectivity index is 2.20. The van der Waals surface area contributed by atoms with Gasteiger partial charge < -0.3 is 11.1 Å². The van der Waals surface area contributed by atoms with Crippen LogP contribution in [0, 0.1) is 10.1 Å². The molecule has 1 aromatic rings. The van der Waals surface area contributed by atoms with Crippen LogP contribution in [-0.4, -0.2) is 28.4 Å². The van der Waals surface area contributed by atoms with Gasteiger partial charge in [-0.25, -0.2) is 0 Å². The third kappa shape index (κ3) is 3.17. The molecule has 1 atom stereocenters. The highest BCUT2D eigenvalue weighted by Crippen LogP contribution is 2.25. The van der Waals surface area contributed by atoms with Crippen LogP contribution in [0.5, 0.6) is 0 Å². The fourth-order valence-corrected chi connectivity index (χ4v) is 3.14. The van der Waals surface area contributed by atoms with Crippen LogP contribution in [0.3, 0.4) is 0 Å². The zero-order valence-corrected chi connectivity index (χ0v) is 11.1. The zero-order chi connectivity index (χ0) is 13.8. The molecule has 0 unspecified atom stereocenters. The minimum atomic E-state index is -0.582. The van der Waals surface area contributed by atoms with E-state index >= 15 is 0 Å². The second-order valence-corrected chi connectivity index (χ2v) is 5.54. The van der Waals surface area contributed by atoms with Crippen molar-refractivity contribution in [2.24, 2.45) is 0 Å². The normalized spacial score (nSPS) is 18.8. The van der Waals surface area contributed by atoms with Gasteiger partial charge in [0, 0.05) is 17.9 Å². The second-order valence-electron chi connectivity index (χ2n) is 4.39. The molecule has 0 saturated carbocycles. The number of benzene rings is 1. The molecule has 1 fully saturated rings. The van der Waals surface area contributed by atoms with Crippen LogP contribution in [-0.2, 0) is 0 Å². The molecule has 0 aliphatic carbocycles. The predicted molar refractivity (Wildman–Crippen MR) is 75.3 cm³/mol. The van der Waals surface area contributed by atoms with Crippen molar-refractivity contribution < 1.29 is 9.72 Å². The number of nitrogens with zero attached hydrogens (tertiary/aromatic N) is 1. The molecule has 0 aromatic heterocycles. The molecule has 1 aliphatic heterocycles. The van der Waals surface area contributed by atoms with Crippen molar-refractivity contribution >= 4 is 29.0 Å². The largest absolute Gasteiger partial charge is 0.398 e. The summed E-state index contributed by atoms with van der Waals surface area (Å²) in [5.74, 6) is 1.48. The fraction of sp³-hybridized carbons (Fsp3) is 0.417. The second kappa shape index (κ2) is 5.92. The first-order valence-corrected chi connectivity index (χ1v) is 7.16. The van der Waals surface area contributed by atoms with Gasteiger partial charge in [-0.05, 0) is 24.7 Å². The van der Waals surface area contributed by atoms with Crippen molar-refractivity contribution in [1.82, 2.24) is 5.32 Å². The standard InChI is InChI=1S/C12H15N3O3S/c13-9-4-1-5-10(15(17)18)11(9)12(16)14-8-3-2-6-19-7-8/h1,4-5,8H,2-3,6-7,13H2,(H,14,16)/t8-/m0/s1. The van der Waals surface area contributed by atoms with E-state index in [0.29, 0.717) is 0 Å². The third-order valence-electron chi connectivity index (χ3n) is 2.99. The number of nitrogen functional groups attached to an aromatic ring is 1. The molecule has 0 bridgehead atoms. The van der Waals surface area contributed by atoms with Crippen molar-refractivity contribution in [3.63, 3.8) is 0 Å². The van der Waals surface area contributed by atoms with Crippen molar-refractivity contribution in [2.75, 3.05) is 17.2 Å². The summed E-state index contributed by atoms with van der Waals surface area (Å²) in [6, 6.07) is 4.32. The highest BCUT2D eigenvalue weighted by molar-refractivity contribution is 7.99. The molecule has 1 aliphatic rings. The van der Waals surface area contributed by atoms with E-state index in [1.54, 1.807) is 11.8 Å². The molecule has 0 spiro atoms. The van der Waals surface area contributed by atoms with E-state index in [9.17, 15) is 14.9 Å². The first-order chi connectivity index (χ1) is 9.09. The molecule has 2 rings (SSSR count). The van der Waals surface area contributed by atoms with E-state index in [4.69, 9.17) is 5.73 Å². The quantitative estimate of drug-likeness (QED) is 0.500. The van der Waals surface area contributed by atoms with Gasteiger partial charge >= 0.3 is 0 Å². The molecule has 0 radical (unpaired) electrons. The van der Waals surface area contributed by atoms with Crippen molar-refractivity contribution in [1.29, 1.82) is 0 Å². The number of amides is 1. The summed E-state index contributed by atoms with van der Waals surface area (Å²) in [6.07, 6.45) is 1.95. The maximum absolute atomic E-state index is 12.2. The van der Waals surface area contributed by atoms with Gasteiger partial charge in [-0.2, -0.15) is 11.8 Å². The molecule has 1 aromatic carbocycles. The Morgan fingerprint density at radius 2 is 2.32 bits per heavy atom. The Morgan fingerprint density at radius 3 is 2.95 bits per heavy atom. The van der Waals surface area contributed by atoms with E-state index in [0.717, 1.165) is 24.3 Å². The Morgan fingerprint density at radius 1 is 1.53 bits per heavy atom. The van der Waals surface area contributed by atoms with Gasteiger partial charge in [-0.1, -0.05) is 6.07 Å². The number of nitro benzene ring substituents is 1. The third-order valence-corrected chi connectivity index (χ3v) is 4.21. The number of hydrogen-bond acceptors (Lipinski definition) is 5. The summed E-state index contributed by atoms with van der Waals surface area (Å²) < 4.78 is 0. The van der Waals surface area contributed by atoms with Crippen LogP contribution in [0.4, 0.5) is 11.4 Å². The highest BCUT2D eigenvalue weighted by Gasteiger charge is 2.25. The Kier molecular flexibility index (Phi) is 4.26. The van der Waals surface area contributed by atoms with Crippen molar-refractivity contribution in [3.8, 4) is 0 Å². The molecule has 19 heavy (non-hydrogen) atoms. The van der Waals surface area contributed by atoms with Crippen LogP contribution in [0.1, 0.15) is 23.2 Å². The van der Waals surface area contributed by atoms with E-state index in [1.807, 2.05) is 0 Å². The Labute approximate surface area is 114 Å². The summed E-state index contributed by atoms with van der Waals surface area (Å²) >= 11 is 1.78. The smallest absolute Gasteiger partial charge is 0.284 e. The molecular weight excluding hydrogens is 266 g/mol. The number of thioether (sulfide) groups is 1. The summed E-state index contributed by atoms with van der Waals surface area (Å²) in [4.78, 5) is 22.5. The molecule has 1 amide bonds. The van der Waals surface area contributed by atoms with E-state index < -0.39 is 10.8 Å². The van der Waals surface area contributed by atoms with Gasteiger partial charge in [0.15, 0.2) is 0 Å². The average molecular weight is 281 g/mol. The monoisotopic (exact) mass is 281 g/mol. The number of hydrogen-bond donors (Lipinski definition) is 2. The van der Waals surface area contributed by atoms with E-state index in [1.165, 1.54) is 18.2 Å². The van der Waals surface area contributed by atoms with Gasteiger partial charge in [0.1, 0.15) is 5.56 Å². The first kappa shape index (κ1) is 13.7. The van der Waals surface area contributed by atoms with Crippen LogP contribution in [0.2, 0.25) is 0 Å². The fourth-order valence-electron chi connectivity index (χ4n) is 2.07. The summed E-state index contributed by atoms with van der Waals surface area (Å²) in [5, 5.41) is 13.8. The van der Waals surface area contributed by atoms with Gasteiger partial charge in [0.2, 0.25) is 0 Å². The summed E-state index contributed by atoms with van der Waals surface area (Å²) in [7, 11) is 0. The van der Waals surface area contributed by atoms with Crippen LogP contribution in [0.25, 0.3) is 0 Å². The number of anilines is 1. The van der Waals surface area contributed by atoms with Crippen LogP contribution in [0.15, 0.2) is 18.2 Å². The van der Waals surface area contributed by atoms with Crippen LogP contribution < -0.4 is 11.1 Å². The lowest BCUT2D eigenvalue weighted by Gasteiger charge is -2.22. The lowest BCUT2D eigenvalue weighted by Crippen LogP contribution is -2.38. The molecular formula is C12H15N3O3S. The molecule has 7 heteroatoms. The van der Waals surface area contributed by atoms with E-state index in [-0.39, 0.29) is 23.0 Å². The lowest BCUT2D eigenvalue weighted by molar-refractivity contribution is -0.385. The molecule has 6 nitrogen and oxygen atoms in total. The summed E-state index contributed by atoms with van der Waals surface area (Å²) in [6.45, 7) is 0. The number of carbonyl (C=O) groups excluding carboxylic acids is 1. The van der Waals surface area contributed by atoms with Crippen molar-refractivity contribution in [3.05, 3.63) is 33.9 Å². The number of nitrogens with one attached hydrogen (secondary N) is 1. The highest BCUT2D eigenvalue weighted by atomic mass is 32.2. The van der Waals surface area contributed by atoms with Gasteiger partial charge in [-0.3, -0.25) is 14.9 Å². The first-order valence-electron chi connectivity index (χ1n) is 6.01. The van der Waals surface area contributed by atoms with Gasteiger partial charge in [0.25, 0.3) is 11.6 Å². The minimum Gasteiger partial charge on any atom is -0.398 e. The molecule has 1 heterocycles. The topological polar surface area (TPSA) is 98.3 Å². The number of rotatable bonds is 3. The zero-order valence-electron chi connectivity index (χ0n) is 10.3. The molecule has 102 valence electrons. The van der Waals surface area contributed by atoms with Crippen LogP contribution >= 0.6 is 11.8 Å². The molecule has 3 N–H and O–H groups in total. The lowest BCUT2D eigenvalue weighted by atomic mass is 10.1. The average Bonchev–Trinajstić information content (AvgIpc) is 2.39. The Hall–Kier alpha value is -1.76. The number of carbonyl (C=O) groups is 1. The van der Waals surface area contributed by atoms with E-state index in [2.05, 4.69) is 5.32 Å². The van der Waals surface area contributed by atoms with Gasteiger partial charge in [0.05, 0.1) is 10.6 Å². The maximum atomic E-state index is 12.2. The van der Waals surface area contributed by atoms with Crippen molar-refractivity contribution in [2.45, 2.75) is 18.9 Å². The number of nitro groups is 1. The predicted octanol–water partition coefficient (Wildman–Crippen LogP) is 1.80. The minimum absolute atomic E-state index is 0.0388. The molecule has 1 saturated heterocycles. The number of nitrogens with two attached hydrogens (primary N) is 1.